The summed E-state index contributed by atoms with van der Waals surface area (Å²) in [4.78, 5) is 12.6. The van der Waals surface area contributed by atoms with Gasteiger partial charge in [-0.05, 0) is 18.9 Å². The molecule has 122 valence electrons. The number of halogens is 1. The molecule has 5 nitrogen and oxygen atoms in total. The van der Waals surface area contributed by atoms with E-state index in [1.807, 2.05) is 23.7 Å². The first-order chi connectivity index (χ1) is 11.0. The van der Waals surface area contributed by atoms with Crippen LogP contribution < -0.4 is 10.1 Å². The molecule has 3 rings (SSSR count). The van der Waals surface area contributed by atoms with Crippen LogP contribution in [-0.2, 0) is 6.54 Å². The molecule has 1 aromatic heterocycles. The Labute approximate surface area is 140 Å². The van der Waals surface area contributed by atoms with Crippen LogP contribution >= 0.6 is 11.6 Å². The summed E-state index contributed by atoms with van der Waals surface area (Å²) in [6, 6.07) is 5.38. The molecule has 0 bridgehead atoms. The number of amides is 1. The number of nitrogens with one attached hydrogen (secondary N) is 1. The van der Waals surface area contributed by atoms with Crippen molar-refractivity contribution in [2.75, 3.05) is 6.61 Å². The van der Waals surface area contributed by atoms with E-state index in [-0.39, 0.29) is 11.9 Å². The summed E-state index contributed by atoms with van der Waals surface area (Å²) < 4.78 is 7.47. The molecule has 1 amide bonds. The van der Waals surface area contributed by atoms with Gasteiger partial charge < -0.3 is 10.1 Å². The Morgan fingerprint density at radius 3 is 3.04 bits per heavy atom. The molecular weight excluding hydrogens is 314 g/mol. The van der Waals surface area contributed by atoms with Crippen LogP contribution in [0.1, 0.15) is 41.5 Å². The molecule has 1 aliphatic heterocycles. The molecule has 23 heavy (non-hydrogen) atoms. The zero-order chi connectivity index (χ0) is 16.6. The van der Waals surface area contributed by atoms with E-state index in [9.17, 15) is 4.79 Å². The summed E-state index contributed by atoms with van der Waals surface area (Å²) in [5.74, 6) is 0.993. The van der Waals surface area contributed by atoms with E-state index in [0.717, 1.165) is 17.8 Å². The predicted octanol–water partition coefficient (Wildman–Crippen LogP) is 3.36. The second-order valence-corrected chi connectivity index (χ2v) is 6.62. The minimum absolute atomic E-state index is 0.140. The quantitative estimate of drug-likeness (QED) is 0.933. The van der Waals surface area contributed by atoms with Gasteiger partial charge in [-0.25, -0.2) is 0 Å². The van der Waals surface area contributed by atoms with Crippen LogP contribution in [0.25, 0.3) is 0 Å². The third-order valence-corrected chi connectivity index (χ3v) is 4.26. The zero-order valence-electron chi connectivity index (χ0n) is 13.5. The first kappa shape index (κ1) is 15.9. The Morgan fingerprint density at radius 1 is 1.52 bits per heavy atom. The molecule has 0 radical (unpaired) electrons. The summed E-state index contributed by atoms with van der Waals surface area (Å²) in [6.45, 7) is 7.35. The maximum atomic E-state index is 12.6. The molecule has 2 heterocycles. The van der Waals surface area contributed by atoms with Gasteiger partial charge in [0.15, 0.2) is 0 Å². The lowest BCUT2D eigenvalue weighted by molar-refractivity contribution is 0.0929. The Balaban J connectivity index is 1.77. The molecule has 1 aliphatic rings. The average Bonchev–Trinajstić information content (AvgIpc) is 3.05. The first-order valence-corrected chi connectivity index (χ1v) is 8.09. The summed E-state index contributed by atoms with van der Waals surface area (Å²) in [5.41, 5.74) is 2.39. The average molecular weight is 334 g/mol. The summed E-state index contributed by atoms with van der Waals surface area (Å²) in [6.07, 6.45) is 1.63. The SMILES string of the molecule is Cc1c(C(=O)N[C@@H]2COc3c(Cl)cccc32)cnn1CC(C)C. The lowest BCUT2D eigenvalue weighted by Crippen LogP contribution is -2.29. The smallest absolute Gasteiger partial charge is 0.255 e. The van der Waals surface area contributed by atoms with Crippen LogP contribution in [0.15, 0.2) is 24.4 Å². The molecule has 1 atom stereocenters. The van der Waals surface area contributed by atoms with Crippen molar-refractivity contribution in [3.8, 4) is 5.75 Å². The van der Waals surface area contributed by atoms with Crippen molar-refractivity contribution in [2.24, 2.45) is 5.92 Å². The number of benzene rings is 1. The Kier molecular flexibility index (Phi) is 4.31. The monoisotopic (exact) mass is 333 g/mol. The number of hydrogen-bond donors (Lipinski definition) is 1. The van der Waals surface area contributed by atoms with Crippen molar-refractivity contribution in [3.63, 3.8) is 0 Å². The Hall–Kier alpha value is -2.01. The van der Waals surface area contributed by atoms with Crippen LogP contribution in [0.3, 0.4) is 0 Å². The highest BCUT2D eigenvalue weighted by Gasteiger charge is 2.28. The fourth-order valence-electron chi connectivity index (χ4n) is 2.76. The number of carbonyl (C=O) groups is 1. The van der Waals surface area contributed by atoms with E-state index < -0.39 is 0 Å². The molecule has 0 spiro atoms. The predicted molar refractivity (Wildman–Crippen MR) is 89.0 cm³/mol. The standard InChI is InChI=1S/C17H20ClN3O2/c1-10(2)8-21-11(3)13(7-19-21)17(22)20-15-9-23-16-12(15)5-4-6-14(16)18/h4-7,10,15H,8-9H2,1-3H3,(H,20,22)/t15-/m1/s1. The molecule has 0 saturated heterocycles. The second kappa shape index (κ2) is 6.24. The third kappa shape index (κ3) is 3.06. The Bertz CT molecular complexity index is 739. The van der Waals surface area contributed by atoms with Crippen LogP contribution in [0, 0.1) is 12.8 Å². The van der Waals surface area contributed by atoms with Gasteiger partial charge in [-0.1, -0.05) is 37.6 Å². The highest BCUT2D eigenvalue weighted by molar-refractivity contribution is 6.32. The number of rotatable bonds is 4. The largest absolute Gasteiger partial charge is 0.489 e. The van der Waals surface area contributed by atoms with Crippen molar-refractivity contribution >= 4 is 17.5 Å². The van der Waals surface area contributed by atoms with Gasteiger partial charge in [0.2, 0.25) is 0 Å². The van der Waals surface area contributed by atoms with Gasteiger partial charge in [0, 0.05) is 17.8 Å². The number of para-hydroxylation sites is 1. The lowest BCUT2D eigenvalue weighted by Gasteiger charge is -2.12. The molecule has 0 unspecified atom stereocenters. The minimum Gasteiger partial charge on any atom is -0.489 e. The highest BCUT2D eigenvalue weighted by atomic mass is 35.5. The van der Waals surface area contributed by atoms with Crippen molar-refractivity contribution < 1.29 is 9.53 Å². The normalized spacial score (nSPS) is 16.3. The second-order valence-electron chi connectivity index (χ2n) is 6.21. The topological polar surface area (TPSA) is 56.1 Å². The van der Waals surface area contributed by atoms with Crippen molar-refractivity contribution in [3.05, 3.63) is 46.2 Å². The van der Waals surface area contributed by atoms with E-state index in [1.54, 1.807) is 12.3 Å². The minimum atomic E-state index is -0.191. The number of fused-ring (bicyclic) bond motifs is 1. The van der Waals surface area contributed by atoms with Gasteiger partial charge in [-0.2, -0.15) is 5.10 Å². The van der Waals surface area contributed by atoms with Crippen molar-refractivity contribution in [1.82, 2.24) is 15.1 Å². The first-order valence-electron chi connectivity index (χ1n) is 7.72. The van der Waals surface area contributed by atoms with Gasteiger partial charge in [0.25, 0.3) is 5.91 Å². The molecular formula is C17H20ClN3O2. The highest BCUT2D eigenvalue weighted by Crippen LogP contribution is 2.38. The molecule has 2 aromatic rings. The summed E-state index contributed by atoms with van der Waals surface area (Å²) in [7, 11) is 0. The van der Waals surface area contributed by atoms with Crippen LogP contribution in [0.4, 0.5) is 0 Å². The van der Waals surface area contributed by atoms with Crippen LogP contribution in [0.2, 0.25) is 5.02 Å². The summed E-state index contributed by atoms with van der Waals surface area (Å²) >= 11 is 6.11. The van der Waals surface area contributed by atoms with Gasteiger partial charge in [-0.15, -0.1) is 0 Å². The van der Waals surface area contributed by atoms with Crippen LogP contribution in [0.5, 0.6) is 5.75 Å². The number of aromatic nitrogens is 2. The number of carbonyl (C=O) groups excluding carboxylic acids is 1. The molecule has 6 heteroatoms. The lowest BCUT2D eigenvalue weighted by atomic mass is 10.1. The number of ether oxygens (including phenoxy) is 1. The number of hydrogen-bond acceptors (Lipinski definition) is 3. The van der Waals surface area contributed by atoms with E-state index >= 15 is 0 Å². The van der Waals surface area contributed by atoms with Gasteiger partial charge >= 0.3 is 0 Å². The van der Waals surface area contributed by atoms with Gasteiger partial charge in [0.05, 0.1) is 22.8 Å². The fourth-order valence-corrected chi connectivity index (χ4v) is 3.00. The third-order valence-electron chi connectivity index (χ3n) is 3.96. The maximum absolute atomic E-state index is 12.6. The molecule has 1 N–H and O–H groups in total. The molecule has 0 saturated carbocycles. The van der Waals surface area contributed by atoms with Crippen molar-refractivity contribution in [2.45, 2.75) is 33.4 Å². The van der Waals surface area contributed by atoms with Crippen LogP contribution in [-0.4, -0.2) is 22.3 Å². The summed E-state index contributed by atoms with van der Waals surface area (Å²) in [5, 5.41) is 7.89. The molecule has 0 fully saturated rings. The zero-order valence-corrected chi connectivity index (χ0v) is 14.2. The number of nitrogens with zero attached hydrogens (tertiary/aromatic N) is 2. The molecule has 1 aromatic carbocycles. The Morgan fingerprint density at radius 2 is 2.30 bits per heavy atom. The van der Waals surface area contributed by atoms with E-state index in [4.69, 9.17) is 16.3 Å². The van der Waals surface area contributed by atoms with Gasteiger partial charge in [-0.3, -0.25) is 9.48 Å². The van der Waals surface area contributed by atoms with Crippen molar-refractivity contribution in [1.29, 1.82) is 0 Å². The maximum Gasteiger partial charge on any atom is 0.255 e. The van der Waals surface area contributed by atoms with E-state index in [1.165, 1.54) is 0 Å². The van der Waals surface area contributed by atoms with E-state index in [0.29, 0.717) is 28.9 Å². The fraction of sp³-hybridized carbons (Fsp3) is 0.412. The van der Waals surface area contributed by atoms with E-state index in [2.05, 4.69) is 24.3 Å². The van der Waals surface area contributed by atoms with Gasteiger partial charge in [0.1, 0.15) is 12.4 Å². The molecule has 0 aliphatic carbocycles.